The standard InChI is InChI=1S/C14H18O2S4/c1-13(11(17)15-13)19-7-9-5-3-4-6-10(9)8-20-14(2)12(18)16-14/h3-6,11-12,17-18H,7-8H2,1-2H3. The summed E-state index contributed by atoms with van der Waals surface area (Å²) in [7, 11) is 0. The van der Waals surface area contributed by atoms with Crippen LogP contribution in [0.5, 0.6) is 0 Å². The lowest BCUT2D eigenvalue weighted by atomic mass is 10.1. The fraction of sp³-hybridized carbons (Fsp3) is 0.571. The molecular formula is C14H18O2S4. The molecule has 3 rings (SSSR count). The molecule has 0 radical (unpaired) electrons. The summed E-state index contributed by atoms with van der Waals surface area (Å²) >= 11 is 12.3. The maximum atomic E-state index is 5.50. The van der Waals surface area contributed by atoms with Crippen LogP contribution < -0.4 is 0 Å². The minimum absolute atomic E-state index is 0.0674. The molecule has 2 nitrogen and oxygen atoms in total. The van der Waals surface area contributed by atoms with Gasteiger partial charge in [0, 0.05) is 11.5 Å². The Kier molecular flexibility index (Phi) is 4.35. The second-order valence-corrected chi connectivity index (χ2v) is 9.03. The van der Waals surface area contributed by atoms with Crippen molar-refractivity contribution >= 4 is 48.8 Å². The van der Waals surface area contributed by atoms with Gasteiger partial charge >= 0.3 is 0 Å². The fourth-order valence-electron chi connectivity index (χ4n) is 1.87. The van der Waals surface area contributed by atoms with Crippen LogP contribution in [0.25, 0.3) is 0 Å². The first kappa shape index (κ1) is 15.4. The number of benzene rings is 1. The second-order valence-electron chi connectivity index (χ2n) is 5.32. The van der Waals surface area contributed by atoms with E-state index in [1.54, 1.807) is 0 Å². The molecule has 0 bridgehead atoms. The smallest absolute Gasteiger partial charge is 0.148 e. The summed E-state index contributed by atoms with van der Waals surface area (Å²) in [5, 5.41) is 0. The first-order chi connectivity index (χ1) is 9.43. The van der Waals surface area contributed by atoms with Crippen LogP contribution in [0.4, 0.5) is 0 Å². The zero-order valence-electron chi connectivity index (χ0n) is 11.4. The number of hydrogen-bond acceptors (Lipinski definition) is 6. The Bertz CT molecular complexity index is 467. The second kappa shape index (κ2) is 5.63. The topological polar surface area (TPSA) is 25.1 Å². The molecule has 0 aromatic heterocycles. The van der Waals surface area contributed by atoms with Gasteiger partial charge in [0.25, 0.3) is 0 Å². The molecule has 4 unspecified atom stereocenters. The van der Waals surface area contributed by atoms with Gasteiger partial charge in [-0.25, -0.2) is 0 Å². The van der Waals surface area contributed by atoms with E-state index in [1.807, 2.05) is 23.5 Å². The largest absolute Gasteiger partial charge is 0.343 e. The Morgan fingerprint density at radius 1 is 0.950 bits per heavy atom. The number of hydrogen-bond donors (Lipinski definition) is 2. The monoisotopic (exact) mass is 346 g/mol. The van der Waals surface area contributed by atoms with Crippen molar-refractivity contribution in [2.24, 2.45) is 0 Å². The van der Waals surface area contributed by atoms with Crippen LogP contribution in [0.2, 0.25) is 0 Å². The SMILES string of the molecule is CC1(SCc2ccccc2CSC2(C)OC2S)OC1S. The molecule has 0 amide bonds. The highest BCUT2D eigenvalue weighted by Crippen LogP contribution is 2.51. The van der Waals surface area contributed by atoms with Crippen molar-refractivity contribution in [1.82, 2.24) is 0 Å². The molecule has 2 fully saturated rings. The van der Waals surface area contributed by atoms with Crippen molar-refractivity contribution in [2.75, 3.05) is 0 Å². The van der Waals surface area contributed by atoms with Crippen molar-refractivity contribution in [3.05, 3.63) is 35.4 Å². The van der Waals surface area contributed by atoms with E-state index in [-0.39, 0.29) is 20.7 Å². The highest BCUT2D eigenvalue weighted by molar-refractivity contribution is 8.01. The minimum atomic E-state index is -0.120. The average molecular weight is 347 g/mol. The van der Waals surface area contributed by atoms with Crippen molar-refractivity contribution in [1.29, 1.82) is 0 Å². The Morgan fingerprint density at radius 2 is 1.30 bits per heavy atom. The predicted molar refractivity (Wildman–Crippen MR) is 93.6 cm³/mol. The van der Waals surface area contributed by atoms with Crippen LogP contribution in [0, 0.1) is 0 Å². The number of thioether (sulfide) groups is 2. The molecule has 4 atom stereocenters. The molecule has 6 heteroatoms. The summed E-state index contributed by atoms with van der Waals surface area (Å²) < 4.78 is 11.0. The first-order valence-electron chi connectivity index (χ1n) is 6.49. The zero-order chi connectivity index (χ0) is 14.4. The zero-order valence-corrected chi connectivity index (χ0v) is 14.8. The highest BCUT2D eigenvalue weighted by Gasteiger charge is 2.51. The minimum Gasteiger partial charge on any atom is -0.343 e. The van der Waals surface area contributed by atoms with Gasteiger partial charge in [-0.3, -0.25) is 0 Å². The molecule has 0 aliphatic carbocycles. The summed E-state index contributed by atoms with van der Waals surface area (Å²) in [6, 6.07) is 8.57. The first-order valence-corrected chi connectivity index (χ1v) is 9.50. The van der Waals surface area contributed by atoms with E-state index in [9.17, 15) is 0 Å². The van der Waals surface area contributed by atoms with Gasteiger partial charge in [0.15, 0.2) is 0 Å². The molecule has 0 spiro atoms. The summed E-state index contributed by atoms with van der Waals surface area (Å²) in [4.78, 5) is -0.240. The van der Waals surface area contributed by atoms with Crippen LogP contribution in [-0.4, -0.2) is 20.7 Å². The Hall–Kier alpha value is 0.540. The molecule has 2 saturated heterocycles. The van der Waals surface area contributed by atoms with E-state index in [0.717, 1.165) is 11.5 Å². The Morgan fingerprint density at radius 3 is 1.60 bits per heavy atom. The normalized spacial score (nSPS) is 38.8. The molecule has 2 aliphatic rings. The molecule has 20 heavy (non-hydrogen) atoms. The van der Waals surface area contributed by atoms with Gasteiger partial charge < -0.3 is 9.47 Å². The molecule has 1 aromatic carbocycles. The number of rotatable bonds is 6. The third kappa shape index (κ3) is 3.31. The van der Waals surface area contributed by atoms with Gasteiger partial charge in [-0.15, -0.1) is 48.8 Å². The third-order valence-electron chi connectivity index (χ3n) is 3.62. The Labute approximate surface area is 139 Å². The van der Waals surface area contributed by atoms with Gasteiger partial charge in [-0.05, 0) is 25.0 Å². The summed E-state index contributed by atoms with van der Waals surface area (Å²) in [5.41, 5.74) is 2.86. The third-order valence-corrected chi connectivity index (χ3v) is 7.84. The van der Waals surface area contributed by atoms with Crippen molar-refractivity contribution in [3.63, 3.8) is 0 Å². The molecule has 2 aliphatic heterocycles. The summed E-state index contributed by atoms with van der Waals surface area (Å²) in [6.45, 7) is 4.19. The quantitative estimate of drug-likeness (QED) is 0.597. The summed E-state index contributed by atoms with van der Waals surface area (Å²) in [6.07, 6.45) is 0. The van der Waals surface area contributed by atoms with E-state index < -0.39 is 0 Å². The highest BCUT2D eigenvalue weighted by atomic mass is 32.2. The predicted octanol–water partition coefficient (Wildman–Crippen LogP) is 4.16. The fourth-order valence-corrected chi connectivity index (χ4v) is 4.96. The van der Waals surface area contributed by atoms with Crippen LogP contribution in [0.3, 0.4) is 0 Å². The van der Waals surface area contributed by atoms with E-state index in [4.69, 9.17) is 9.47 Å². The van der Waals surface area contributed by atoms with E-state index in [0.29, 0.717) is 0 Å². The number of ether oxygens (including phenoxy) is 2. The van der Waals surface area contributed by atoms with Crippen LogP contribution in [-0.2, 0) is 21.0 Å². The van der Waals surface area contributed by atoms with Gasteiger partial charge in [-0.2, -0.15) is 0 Å². The Balaban J connectivity index is 1.59. The van der Waals surface area contributed by atoms with Gasteiger partial charge in [0.1, 0.15) is 20.7 Å². The number of thiol groups is 2. The van der Waals surface area contributed by atoms with Crippen molar-refractivity contribution < 1.29 is 9.47 Å². The van der Waals surface area contributed by atoms with Crippen LogP contribution >= 0.6 is 48.8 Å². The van der Waals surface area contributed by atoms with E-state index in [2.05, 4.69) is 63.4 Å². The lowest BCUT2D eigenvalue weighted by Crippen LogP contribution is -2.04. The van der Waals surface area contributed by atoms with Gasteiger partial charge in [0.2, 0.25) is 0 Å². The molecule has 110 valence electrons. The van der Waals surface area contributed by atoms with Crippen LogP contribution in [0.1, 0.15) is 25.0 Å². The summed E-state index contributed by atoms with van der Waals surface area (Å²) in [5.74, 6) is 1.90. The molecular weight excluding hydrogens is 328 g/mol. The molecule has 0 N–H and O–H groups in total. The van der Waals surface area contributed by atoms with E-state index >= 15 is 0 Å². The lowest BCUT2D eigenvalue weighted by Gasteiger charge is -2.12. The van der Waals surface area contributed by atoms with Gasteiger partial charge in [-0.1, -0.05) is 24.3 Å². The van der Waals surface area contributed by atoms with Gasteiger partial charge in [0.05, 0.1) is 0 Å². The van der Waals surface area contributed by atoms with Crippen molar-refractivity contribution in [3.8, 4) is 0 Å². The maximum Gasteiger partial charge on any atom is 0.148 e. The maximum absolute atomic E-state index is 5.50. The molecule has 0 saturated carbocycles. The average Bonchev–Trinajstić information content (AvgIpc) is 3.23. The van der Waals surface area contributed by atoms with E-state index in [1.165, 1.54) is 11.1 Å². The molecule has 1 aromatic rings. The van der Waals surface area contributed by atoms with Crippen molar-refractivity contribution in [2.45, 2.75) is 46.1 Å². The lowest BCUT2D eigenvalue weighted by molar-refractivity contribution is 0.394. The number of epoxide rings is 2. The molecule has 2 heterocycles. The van der Waals surface area contributed by atoms with Crippen LogP contribution in [0.15, 0.2) is 24.3 Å².